The first-order valence-corrected chi connectivity index (χ1v) is 5.86. The SMILES string of the molecule is CCOCC(C)Nc1cc(C(N)=O)ccc1Cl. The fraction of sp³-hybridized carbons (Fsp3) is 0.417. The number of anilines is 1. The number of carbonyl (C=O) groups is 1. The van der Waals surface area contributed by atoms with Gasteiger partial charge in [-0.15, -0.1) is 0 Å². The fourth-order valence-corrected chi connectivity index (χ4v) is 1.56. The zero-order valence-corrected chi connectivity index (χ0v) is 10.8. The minimum Gasteiger partial charge on any atom is -0.380 e. The second kappa shape index (κ2) is 6.47. The van der Waals surface area contributed by atoms with Crippen LogP contribution in [0.25, 0.3) is 0 Å². The van der Waals surface area contributed by atoms with E-state index in [0.717, 1.165) is 0 Å². The molecule has 0 aromatic heterocycles. The fourth-order valence-electron chi connectivity index (χ4n) is 1.39. The van der Waals surface area contributed by atoms with Gasteiger partial charge in [0.1, 0.15) is 0 Å². The number of hydrogen-bond acceptors (Lipinski definition) is 3. The van der Waals surface area contributed by atoms with E-state index in [2.05, 4.69) is 5.32 Å². The lowest BCUT2D eigenvalue weighted by molar-refractivity contribution is 0.100. The highest BCUT2D eigenvalue weighted by Crippen LogP contribution is 2.23. The molecule has 4 nitrogen and oxygen atoms in total. The van der Waals surface area contributed by atoms with Gasteiger partial charge in [0.2, 0.25) is 5.91 Å². The van der Waals surface area contributed by atoms with Gasteiger partial charge in [-0.3, -0.25) is 4.79 Å². The largest absolute Gasteiger partial charge is 0.380 e. The smallest absolute Gasteiger partial charge is 0.248 e. The number of halogens is 1. The molecule has 0 aliphatic rings. The second-order valence-electron chi connectivity index (χ2n) is 3.76. The second-order valence-corrected chi connectivity index (χ2v) is 4.17. The summed E-state index contributed by atoms with van der Waals surface area (Å²) in [7, 11) is 0. The number of benzene rings is 1. The van der Waals surface area contributed by atoms with Gasteiger partial charge in [-0.1, -0.05) is 11.6 Å². The average molecular weight is 257 g/mol. The minimum absolute atomic E-state index is 0.107. The predicted octanol–water partition coefficient (Wildman–Crippen LogP) is 2.28. The van der Waals surface area contributed by atoms with Gasteiger partial charge in [0, 0.05) is 18.2 Å². The van der Waals surface area contributed by atoms with E-state index in [-0.39, 0.29) is 6.04 Å². The van der Waals surface area contributed by atoms with E-state index in [1.54, 1.807) is 18.2 Å². The molecule has 0 saturated heterocycles. The molecule has 17 heavy (non-hydrogen) atoms. The Kier molecular flexibility index (Phi) is 5.25. The molecule has 5 heteroatoms. The van der Waals surface area contributed by atoms with Crippen LogP contribution in [-0.2, 0) is 4.74 Å². The molecule has 94 valence electrons. The van der Waals surface area contributed by atoms with Gasteiger partial charge in [-0.25, -0.2) is 0 Å². The number of hydrogen-bond donors (Lipinski definition) is 2. The van der Waals surface area contributed by atoms with E-state index >= 15 is 0 Å². The van der Waals surface area contributed by atoms with Crippen LogP contribution in [0.2, 0.25) is 5.02 Å². The minimum atomic E-state index is -0.470. The summed E-state index contributed by atoms with van der Waals surface area (Å²) in [6, 6.07) is 5.00. The van der Waals surface area contributed by atoms with Crippen molar-refractivity contribution in [1.82, 2.24) is 0 Å². The molecule has 0 fully saturated rings. The van der Waals surface area contributed by atoms with Crippen LogP contribution in [0.15, 0.2) is 18.2 Å². The first-order valence-electron chi connectivity index (χ1n) is 5.48. The number of ether oxygens (including phenoxy) is 1. The lowest BCUT2D eigenvalue weighted by Crippen LogP contribution is -2.22. The highest BCUT2D eigenvalue weighted by molar-refractivity contribution is 6.33. The Labute approximate surface area is 106 Å². The zero-order valence-electron chi connectivity index (χ0n) is 10.00. The monoisotopic (exact) mass is 256 g/mol. The Morgan fingerprint density at radius 1 is 1.59 bits per heavy atom. The Morgan fingerprint density at radius 2 is 2.29 bits per heavy atom. The third-order valence-corrected chi connectivity index (χ3v) is 2.55. The third kappa shape index (κ3) is 4.24. The van der Waals surface area contributed by atoms with Crippen LogP contribution in [0.1, 0.15) is 24.2 Å². The van der Waals surface area contributed by atoms with E-state index in [4.69, 9.17) is 22.1 Å². The molecule has 0 bridgehead atoms. The molecule has 1 rings (SSSR count). The molecule has 0 aliphatic heterocycles. The van der Waals surface area contributed by atoms with Gasteiger partial charge >= 0.3 is 0 Å². The zero-order chi connectivity index (χ0) is 12.8. The number of nitrogens with two attached hydrogens (primary N) is 1. The maximum atomic E-state index is 11.0. The molecule has 0 saturated carbocycles. The van der Waals surface area contributed by atoms with E-state index in [1.165, 1.54) is 0 Å². The number of carbonyl (C=O) groups excluding carboxylic acids is 1. The molecule has 1 unspecified atom stereocenters. The molecular formula is C12H17ClN2O2. The van der Waals surface area contributed by atoms with Crippen molar-refractivity contribution < 1.29 is 9.53 Å². The van der Waals surface area contributed by atoms with Crippen LogP contribution in [0.5, 0.6) is 0 Å². The van der Waals surface area contributed by atoms with Crippen molar-refractivity contribution in [3.63, 3.8) is 0 Å². The summed E-state index contributed by atoms with van der Waals surface area (Å²) in [5, 5.41) is 3.73. The molecular weight excluding hydrogens is 240 g/mol. The lowest BCUT2D eigenvalue weighted by atomic mass is 10.2. The summed E-state index contributed by atoms with van der Waals surface area (Å²) >= 11 is 6.02. The Balaban J connectivity index is 2.75. The van der Waals surface area contributed by atoms with Gasteiger partial charge in [-0.2, -0.15) is 0 Å². The number of amides is 1. The molecule has 0 heterocycles. The topological polar surface area (TPSA) is 64.3 Å². The van der Waals surface area contributed by atoms with Crippen molar-refractivity contribution in [3.05, 3.63) is 28.8 Å². The summed E-state index contributed by atoms with van der Waals surface area (Å²) in [5.74, 6) is -0.470. The van der Waals surface area contributed by atoms with Crippen LogP contribution >= 0.6 is 11.6 Å². The molecule has 1 aromatic rings. The molecule has 3 N–H and O–H groups in total. The van der Waals surface area contributed by atoms with E-state index in [1.807, 2.05) is 13.8 Å². The van der Waals surface area contributed by atoms with Gasteiger partial charge in [0.05, 0.1) is 17.3 Å². The predicted molar refractivity (Wildman–Crippen MR) is 69.5 cm³/mol. The van der Waals surface area contributed by atoms with Crippen molar-refractivity contribution in [1.29, 1.82) is 0 Å². The third-order valence-electron chi connectivity index (χ3n) is 2.22. The van der Waals surface area contributed by atoms with Crippen LogP contribution < -0.4 is 11.1 Å². The Bertz CT molecular complexity index is 396. The molecule has 1 aromatic carbocycles. The average Bonchev–Trinajstić information content (AvgIpc) is 2.29. The highest BCUT2D eigenvalue weighted by Gasteiger charge is 2.08. The van der Waals surface area contributed by atoms with Crippen molar-refractivity contribution >= 4 is 23.2 Å². The summed E-state index contributed by atoms with van der Waals surface area (Å²) in [6.45, 7) is 5.16. The summed E-state index contributed by atoms with van der Waals surface area (Å²) in [6.07, 6.45) is 0. The van der Waals surface area contributed by atoms with E-state index in [9.17, 15) is 4.79 Å². The highest BCUT2D eigenvalue weighted by atomic mass is 35.5. The van der Waals surface area contributed by atoms with Crippen molar-refractivity contribution in [2.24, 2.45) is 5.73 Å². The normalized spacial score (nSPS) is 12.2. The maximum Gasteiger partial charge on any atom is 0.248 e. The van der Waals surface area contributed by atoms with E-state index < -0.39 is 5.91 Å². The van der Waals surface area contributed by atoms with Crippen molar-refractivity contribution in [3.8, 4) is 0 Å². The van der Waals surface area contributed by atoms with Crippen LogP contribution in [-0.4, -0.2) is 25.2 Å². The maximum absolute atomic E-state index is 11.0. The molecule has 0 radical (unpaired) electrons. The van der Waals surface area contributed by atoms with E-state index in [0.29, 0.717) is 29.5 Å². The molecule has 1 amide bonds. The van der Waals surface area contributed by atoms with Crippen molar-refractivity contribution in [2.75, 3.05) is 18.5 Å². The molecule has 1 atom stereocenters. The Morgan fingerprint density at radius 3 is 2.88 bits per heavy atom. The van der Waals surface area contributed by atoms with Gasteiger partial charge in [-0.05, 0) is 32.0 Å². The number of nitrogens with one attached hydrogen (secondary N) is 1. The molecule has 0 spiro atoms. The Hall–Kier alpha value is -1.26. The molecule has 0 aliphatic carbocycles. The summed E-state index contributed by atoms with van der Waals surface area (Å²) in [5.41, 5.74) is 6.33. The number of primary amides is 1. The van der Waals surface area contributed by atoms with Crippen LogP contribution in [0.3, 0.4) is 0 Å². The van der Waals surface area contributed by atoms with Gasteiger partial charge in [0.15, 0.2) is 0 Å². The van der Waals surface area contributed by atoms with Crippen LogP contribution in [0.4, 0.5) is 5.69 Å². The van der Waals surface area contributed by atoms with Crippen molar-refractivity contribution in [2.45, 2.75) is 19.9 Å². The standard InChI is InChI=1S/C12H17ClN2O2/c1-3-17-7-8(2)15-11-6-9(12(14)16)4-5-10(11)13/h4-6,8,15H,3,7H2,1-2H3,(H2,14,16). The first-order chi connectivity index (χ1) is 8.04. The van der Waals surface area contributed by atoms with Gasteiger partial charge < -0.3 is 15.8 Å². The quantitative estimate of drug-likeness (QED) is 0.821. The lowest BCUT2D eigenvalue weighted by Gasteiger charge is -2.16. The van der Waals surface area contributed by atoms with Gasteiger partial charge in [0.25, 0.3) is 0 Å². The van der Waals surface area contributed by atoms with Crippen LogP contribution in [0, 0.1) is 0 Å². The summed E-state index contributed by atoms with van der Waals surface area (Å²) in [4.78, 5) is 11.0. The summed E-state index contributed by atoms with van der Waals surface area (Å²) < 4.78 is 5.29. The first kappa shape index (κ1) is 13.8. The number of rotatable bonds is 6.